The Kier molecular flexibility index (Phi) is 4.36. The SMILES string of the molecule is CS(=O)(=O)NCC1CC2CCN1CC2CN1CCCC1. The quantitative estimate of drug-likeness (QED) is 0.796. The third-order valence-corrected chi connectivity index (χ3v) is 5.98. The van der Waals surface area contributed by atoms with Gasteiger partial charge in [0.05, 0.1) is 6.26 Å². The van der Waals surface area contributed by atoms with Gasteiger partial charge in [-0.1, -0.05) is 0 Å². The second-order valence-corrected chi connectivity index (χ2v) is 8.65. The summed E-state index contributed by atoms with van der Waals surface area (Å²) in [6.45, 7) is 6.72. The zero-order valence-electron chi connectivity index (χ0n) is 12.4. The molecule has 0 spiro atoms. The van der Waals surface area contributed by atoms with Gasteiger partial charge in [-0.3, -0.25) is 4.90 Å². The third kappa shape index (κ3) is 3.53. The monoisotopic (exact) mass is 301 g/mol. The van der Waals surface area contributed by atoms with E-state index in [0.29, 0.717) is 12.6 Å². The van der Waals surface area contributed by atoms with Gasteiger partial charge >= 0.3 is 0 Å². The van der Waals surface area contributed by atoms with Gasteiger partial charge in [0.15, 0.2) is 0 Å². The molecular formula is C14H27N3O2S. The highest BCUT2D eigenvalue weighted by Gasteiger charge is 2.40. The van der Waals surface area contributed by atoms with E-state index < -0.39 is 10.0 Å². The molecule has 4 unspecified atom stereocenters. The summed E-state index contributed by atoms with van der Waals surface area (Å²) in [5.74, 6) is 1.60. The Bertz CT molecular complexity index is 434. The fourth-order valence-electron chi connectivity index (χ4n) is 4.21. The van der Waals surface area contributed by atoms with Crippen LogP contribution in [0.25, 0.3) is 0 Å². The van der Waals surface area contributed by atoms with Crippen LogP contribution in [0.4, 0.5) is 0 Å². The molecule has 0 aliphatic carbocycles. The van der Waals surface area contributed by atoms with Gasteiger partial charge in [-0.15, -0.1) is 0 Å². The first-order chi connectivity index (χ1) is 9.51. The van der Waals surface area contributed by atoms with Crippen LogP contribution in [-0.4, -0.2) is 69.8 Å². The minimum absolute atomic E-state index is 0.415. The summed E-state index contributed by atoms with van der Waals surface area (Å²) in [5.41, 5.74) is 0. The highest BCUT2D eigenvalue weighted by atomic mass is 32.2. The molecular weight excluding hydrogens is 274 g/mol. The summed E-state index contributed by atoms with van der Waals surface area (Å²) < 4.78 is 25.2. The Balaban J connectivity index is 1.52. The molecule has 0 radical (unpaired) electrons. The first-order valence-electron chi connectivity index (χ1n) is 7.92. The first kappa shape index (κ1) is 14.8. The molecule has 0 saturated carbocycles. The van der Waals surface area contributed by atoms with E-state index >= 15 is 0 Å². The van der Waals surface area contributed by atoms with Gasteiger partial charge in [0.25, 0.3) is 0 Å². The maximum atomic E-state index is 11.2. The second-order valence-electron chi connectivity index (χ2n) is 6.82. The molecule has 4 heterocycles. The Morgan fingerprint density at radius 3 is 2.55 bits per heavy atom. The number of rotatable bonds is 5. The van der Waals surface area contributed by atoms with Crippen molar-refractivity contribution in [1.29, 1.82) is 0 Å². The predicted octanol–water partition coefficient (Wildman–Crippen LogP) is 0.342. The fourth-order valence-corrected chi connectivity index (χ4v) is 4.71. The molecule has 4 rings (SSSR count). The van der Waals surface area contributed by atoms with Crippen molar-refractivity contribution in [3.05, 3.63) is 0 Å². The zero-order chi connectivity index (χ0) is 14.2. The average molecular weight is 301 g/mol. The normalized spacial score (nSPS) is 38.5. The smallest absolute Gasteiger partial charge is 0.208 e. The van der Waals surface area contributed by atoms with Gasteiger partial charge in [0, 0.05) is 25.7 Å². The first-order valence-corrected chi connectivity index (χ1v) is 9.81. The number of hydrogen-bond acceptors (Lipinski definition) is 4. The van der Waals surface area contributed by atoms with E-state index in [9.17, 15) is 8.42 Å². The minimum atomic E-state index is -3.06. The van der Waals surface area contributed by atoms with Gasteiger partial charge in [0.2, 0.25) is 10.0 Å². The molecule has 4 saturated heterocycles. The van der Waals surface area contributed by atoms with Crippen molar-refractivity contribution in [2.45, 2.75) is 31.7 Å². The third-order valence-electron chi connectivity index (χ3n) is 5.29. The summed E-state index contributed by atoms with van der Waals surface area (Å²) in [5, 5.41) is 0. The van der Waals surface area contributed by atoms with Crippen LogP contribution in [0, 0.1) is 11.8 Å². The summed E-state index contributed by atoms with van der Waals surface area (Å²) in [4.78, 5) is 5.13. The molecule has 4 atom stereocenters. The maximum Gasteiger partial charge on any atom is 0.208 e. The molecule has 0 amide bonds. The minimum Gasteiger partial charge on any atom is -0.303 e. The number of sulfonamides is 1. The van der Waals surface area contributed by atoms with Gasteiger partial charge in [-0.2, -0.15) is 0 Å². The van der Waals surface area contributed by atoms with Gasteiger partial charge < -0.3 is 4.90 Å². The van der Waals surface area contributed by atoms with E-state index in [1.54, 1.807) is 0 Å². The van der Waals surface area contributed by atoms with Crippen LogP contribution < -0.4 is 4.72 Å². The molecule has 0 aromatic rings. The highest BCUT2D eigenvalue weighted by molar-refractivity contribution is 7.88. The van der Waals surface area contributed by atoms with E-state index in [-0.39, 0.29) is 0 Å². The summed E-state index contributed by atoms with van der Waals surface area (Å²) in [7, 11) is -3.06. The lowest BCUT2D eigenvalue weighted by atomic mass is 9.75. The largest absolute Gasteiger partial charge is 0.303 e. The van der Waals surface area contributed by atoms with E-state index in [1.807, 2.05) is 0 Å². The van der Waals surface area contributed by atoms with Crippen molar-refractivity contribution in [2.24, 2.45) is 11.8 Å². The number of likely N-dealkylation sites (tertiary alicyclic amines) is 1. The van der Waals surface area contributed by atoms with Crippen LogP contribution >= 0.6 is 0 Å². The number of piperidine rings is 3. The zero-order valence-corrected chi connectivity index (χ0v) is 13.2. The number of fused-ring (bicyclic) bond motifs is 3. The molecule has 0 aromatic heterocycles. The molecule has 116 valence electrons. The summed E-state index contributed by atoms with van der Waals surface area (Å²) >= 11 is 0. The number of nitrogens with zero attached hydrogens (tertiary/aromatic N) is 2. The highest BCUT2D eigenvalue weighted by Crippen LogP contribution is 2.36. The molecule has 4 aliphatic heterocycles. The molecule has 0 aromatic carbocycles. The fraction of sp³-hybridized carbons (Fsp3) is 1.00. The van der Waals surface area contributed by atoms with Crippen molar-refractivity contribution in [1.82, 2.24) is 14.5 Å². The van der Waals surface area contributed by atoms with Crippen LogP contribution in [0.15, 0.2) is 0 Å². The molecule has 1 N–H and O–H groups in total. The second kappa shape index (κ2) is 5.91. The van der Waals surface area contributed by atoms with E-state index in [4.69, 9.17) is 0 Å². The lowest BCUT2D eigenvalue weighted by molar-refractivity contribution is -0.00769. The summed E-state index contributed by atoms with van der Waals surface area (Å²) in [6.07, 6.45) is 6.44. The molecule has 20 heavy (non-hydrogen) atoms. The molecule has 4 fully saturated rings. The topological polar surface area (TPSA) is 52.7 Å². The van der Waals surface area contributed by atoms with Crippen molar-refractivity contribution in [3.8, 4) is 0 Å². The lowest BCUT2D eigenvalue weighted by Crippen LogP contribution is -2.58. The van der Waals surface area contributed by atoms with Crippen LogP contribution in [0.3, 0.4) is 0 Å². The Morgan fingerprint density at radius 1 is 1.20 bits per heavy atom. The number of nitrogens with one attached hydrogen (secondary N) is 1. The molecule has 6 heteroatoms. The van der Waals surface area contributed by atoms with Crippen molar-refractivity contribution in [2.75, 3.05) is 45.5 Å². The van der Waals surface area contributed by atoms with E-state index in [0.717, 1.165) is 24.9 Å². The molecule has 4 aliphatic rings. The summed E-state index contributed by atoms with van der Waals surface area (Å²) in [6, 6.07) is 0.415. The average Bonchev–Trinajstić information content (AvgIpc) is 2.89. The van der Waals surface area contributed by atoms with Gasteiger partial charge in [-0.25, -0.2) is 13.1 Å². The number of hydrogen-bond donors (Lipinski definition) is 1. The van der Waals surface area contributed by atoms with E-state index in [2.05, 4.69) is 14.5 Å². The van der Waals surface area contributed by atoms with Crippen molar-refractivity contribution >= 4 is 10.0 Å². The maximum absolute atomic E-state index is 11.2. The lowest BCUT2D eigenvalue weighted by Gasteiger charge is -2.50. The van der Waals surface area contributed by atoms with Crippen LogP contribution in [0.5, 0.6) is 0 Å². The molecule has 2 bridgehead atoms. The van der Waals surface area contributed by atoms with Gasteiger partial charge in [0.1, 0.15) is 0 Å². The van der Waals surface area contributed by atoms with E-state index in [1.165, 1.54) is 51.6 Å². The van der Waals surface area contributed by atoms with Crippen molar-refractivity contribution in [3.63, 3.8) is 0 Å². The van der Waals surface area contributed by atoms with Crippen molar-refractivity contribution < 1.29 is 8.42 Å². The standard InChI is InChI=1S/C14H27N3O2S/c1-20(18,19)15-9-14-8-12-4-7-17(14)11-13(12)10-16-5-2-3-6-16/h12-15H,2-11H2,1H3. The van der Waals surface area contributed by atoms with Crippen LogP contribution in [-0.2, 0) is 10.0 Å². The predicted molar refractivity (Wildman–Crippen MR) is 80.1 cm³/mol. The van der Waals surface area contributed by atoms with Crippen LogP contribution in [0.1, 0.15) is 25.7 Å². The molecule has 5 nitrogen and oxygen atoms in total. The Labute approximate surface area is 122 Å². The van der Waals surface area contributed by atoms with Crippen LogP contribution in [0.2, 0.25) is 0 Å². The Hall–Kier alpha value is -0.170. The Morgan fingerprint density at radius 2 is 1.95 bits per heavy atom. The van der Waals surface area contributed by atoms with Gasteiger partial charge in [-0.05, 0) is 57.2 Å².